The second-order valence-electron chi connectivity index (χ2n) is 8.60. The van der Waals surface area contributed by atoms with Crippen molar-refractivity contribution >= 4 is 0 Å². The Labute approximate surface area is 149 Å². The molecule has 3 nitrogen and oxygen atoms in total. The van der Waals surface area contributed by atoms with Crippen LogP contribution in [0.3, 0.4) is 0 Å². The molecule has 0 saturated carbocycles. The van der Waals surface area contributed by atoms with Gasteiger partial charge in [0.05, 0.1) is 37.1 Å². The fourth-order valence-corrected chi connectivity index (χ4v) is 4.78. The molecule has 0 aromatic rings. The van der Waals surface area contributed by atoms with Gasteiger partial charge in [0.1, 0.15) is 0 Å². The third-order valence-corrected chi connectivity index (χ3v) is 7.59. The molecule has 5 unspecified atom stereocenters. The van der Waals surface area contributed by atoms with Crippen molar-refractivity contribution in [2.45, 2.75) is 92.1 Å². The summed E-state index contributed by atoms with van der Waals surface area (Å²) in [5.74, 6) is 2.97. The van der Waals surface area contributed by atoms with Crippen LogP contribution in [0.2, 0.25) is 0 Å². The van der Waals surface area contributed by atoms with Crippen LogP contribution in [0.25, 0.3) is 0 Å². The summed E-state index contributed by atoms with van der Waals surface area (Å²) in [6, 6.07) is 0. The standard InChI is InChI=1S/C21H40O3/c1-9-19-14(4)13(3)15(5)20(23-19)11-22-12-21(10-2)17(7)16(6)18(8)24-21/h13-20H,9-12H2,1-8H3/t13?,14-,15?,16?,17?,18+,19?,20+,21+/m1/s1. The molecule has 2 aliphatic rings. The predicted octanol–water partition coefficient (Wildman–Crippen LogP) is 4.93. The summed E-state index contributed by atoms with van der Waals surface area (Å²) in [6.45, 7) is 19.6. The van der Waals surface area contributed by atoms with Crippen molar-refractivity contribution in [3.63, 3.8) is 0 Å². The molecule has 2 saturated heterocycles. The van der Waals surface area contributed by atoms with Crippen LogP contribution in [0, 0.1) is 29.6 Å². The van der Waals surface area contributed by atoms with E-state index in [0.29, 0.717) is 55.0 Å². The zero-order chi connectivity index (χ0) is 18.1. The lowest BCUT2D eigenvalue weighted by Crippen LogP contribution is -2.47. The first kappa shape index (κ1) is 20.2. The van der Waals surface area contributed by atoms with E-state index >= 15 is 0 Å². The molecule has 2 fully saturated rings. The van der Waals surface area contributed by atoms with Crippen LogP contribution in [0.5, 0.6) is 0 Å². The van der Waals surface area contributed by atoms with Gasteiger partial charge < -0.3 is 14.2 Å². The van der Waals surface area contributed by atoms with Crippen LogP contribution < -0.4 is 0 Å². The summed E-state index contributed by atoms with van der Waals surface area (Å²) in [7, 11) is 0. The maximum Gasteiger partial charge on any atom is 0.0944 e. The van der Waals surface area contributed by atoms with Crippen molar-refractivity contribution < 1.29 is 14.2 Å². The van der Waals surface area contributed by atoms with E-state index in [4.69, 9.17) is 14.2 Å². The van der Waals surface area contributed by atoms with E-state index in [9.17, 15) is 0 Å². The lowest BCUT2D eigenvalue weighted by molar-refractivity contribution is -0.171. The van der Waals surface area contributed by atoms with Crippen molar-refractivity contribution in [2.75, 3.05) is 13.2 Å². The molecule has 0 amide bonds. The first-order valence-electron chi connectivity index (χ1n) is 10.2. The van der Waals surface area contributed by atoms with E-state index in [1.807, 2.05) is 0 Å². The molecular formula is C21H40O3. The summed E-state index contributed by atoms with van der Waals surface area (Å²) >= 11 is 0. The Kier molecular flexibility index (Phi) is 6.78. The van der Waals surface area contributed by atoms with Gasteiger partial charge in [0.2, 0.25) is 0 Å². The van der Waals surface area contributed by atoms with Crippen molar-refractivity contribution in [2.24, 2.45) is 29.6 Å². The third kappa shape index (κ3) is 3.68. The summed E-state index contributed by atoms with van der Waals surface area (Å²) in [5, 5.41) is 0. The average Bonchev–Trinajstić information content (AvgIpc) is 2.79. The molecule has 0 aromatic carbocycles. The largest absolute Gasteiger partial charge is 0.376 e. The maximum atomic E-state index is 6.37. The molecule has 24 heavy (non-hydrogen) atoms. The smallest absolute Gasteiger partial charge is 0.0944 e. The molecule has 9 atom stereocenters. The highest BCUT2D eigenvalue weighted by molar-refractivity contribution is 4.96. The van der Waals surface area contributed by atoms with Crippen LogP contribution in [0.1, 0.15) is 68.2 Å². The van der Waals surface area contributed by atoms with E-state index in [2.05, 4.69) is 55.4 Å². The summed E-state index contributed by atoms with van der Waals surface area (Å²) in [4.78, 5) is 0. The van der Waals surface area contributed by atoms with Gasteiger partial charge in [-0.15, -0.1) is 0 Å². The first-order valence-corrected chi connectivity index (χ1v) is 10.2. The van der Waals surface area contributed by atoms with Gasteiger partial charge >= 0.3 is 0 Å². The monoisotopic (exact) mass is 340 g/mol. The predicted molar refractivity (Wildman–Crippen MR) is 99.2 cm³/mol. The highest BCUT2D eigenvalue weighted by Crippen LogP contribution is 2.43. The molecule has 2 aliphatic heterocycles. The Hall–Kier alpha value is -0.120. The lowest BCUT2D eigenvalue weighted by Gasteiger charge is -2.44. The van der Waals surface area contributed by atoms with E-state index in [1.165, 1.54) is 0 Å². The van der Waals surface area contributed by atoms with Crippen molar-refractivity contribution in [1.29, 1.82) is 0 Å². The van der Waals surface area contributed by atoms with Crippen LogP contribution in [0.15, 0.2) is 0 Å². The highest BCUT2D eigenvalue weighted by atomic mass is 16.6. The lowest BCUT2D eigenvalue weighted by atomic mass is 9.76. The van der Waals surface area contributed by atoms with E-state index in [-0.39, 0.29) is 11.7 Å². The van der Waals surface area contributed by atoms with Gasteiger partial charge in [0.25, 0.3) is 0 Å². The van der Waals surface area contributed by atoms with Gasteiger partial charge in [-0.3, -0.25) is 0 Å². The van der Waals surface area contributed by atoms with Gasteiger partial charge in [-0.25, -0.2) is 0 Å². The Morgan fingerprint density at radius 2 is 1.46 bits per heavy atom. The summed E-state index contributed by atoms with van der Waals surface area (Å²) in [5.41, 5.74) is -0.125. The number of hydrogen-bond donors (Lipinski definition) is 0. The van der Waals surface area contributed by atoms with Crippen molar-refractivity contribution in [1.82, 2.24) is 0 Å². The maximum absolute atomic E-state index is 6.37. The Morgan fingerprint density at radius 1 is 0.833 bits per heavy atom. The fraction of sp³-hybridized carbons (Fsp3) is 1.00. The van der Waals surface area contributed by atoms with E-state index in [1.54, 1.807) is 0 Å². The molecule has 0 spiro atoms. The molecule has 0 N–H and O–H groups in total. The molecule has 2 rings (SSSR count). The second kappa shape index (κ2) is 8.05. The molecule has 142 valence electrons. The Balaban J connectivity index is 1.93. The van der Waals surface area contributed by atoms with Gasteiger partial charge in [-0.2, -0.15) is 0 Å². The van der Waals surface area contributed by atoms with Gasteiger partial charge in [0, 0.05) is 0 Å². The average molecular weight is 341 g/mol. The number of ether oxygens (including phenoxy) is 3. The SMILES string of the molecule is CCC1O[C@@H](COC[C@]2(CC)O[C@@H](C)C(C)C2C)C(C)C(C)[C@H]1C. The third-order valence-electron chi connectivity index (χ3n) is 7.59. The minimum Gasteiger partial charge on any atom is -0.376 e. The topological polar surface area (TPSA) is 27.7 Å². The van der Waals surface area contributed by atoms with Gasteiger partial charge in [-0.05, 0) is 49.4 Å². The molecule has 0 bridgehead atoms. The second-order valence-corrected chi connectivity index (χ2v) is 8.60. The quantitative estimate of drug-likeness (QED) is 0.686. The zero-order valence-corrected chi connectivity index (χ0v) is 17.2. The van der Waals surface area contributed by atoms with Crippen LogP contribution in [-0.4, -0.2) is 37.1 Å². The summed E-state index contributed by atoms with van der Waals surface area (Å²) < 4.78 is 18.9. The summed E-state index contributed by atoms with van der Waals surface area (Å²) in [6.07, 6.45) is 2.99. The van der Waals surface area contributed by atoms with Crippen molar-refractivity contribution in [3.8, 4) is 0 Å². The van der Waals surface area contributed by atoms with E-state index in [0.717, 1.165) is 12.8 Å². The fourth-order valence-electron chi connectivity index (χ4n) is 4.78. The Morgan fingerprint density at radius 3 is 1.96 bits per heavy atom. The molecule has 2 heterocycles. The number of rotatable bonds is 6. The highest BCUT2D eigenvalue weighted by Gasteiger charge is 2.48. The minimum absolute atomic E-state index is 0.125. The van der Waals surface area contributed by atoms with Crippen molar-refractivity contribution in [3.05, 3.63) is 0 Å². The molecule has 0 radical (unpaired) electrons. The minimum atomic E-state index is -0.125. The zero-order valence-electron chi connectivity index (χ0n) is 17.2. The molecular weight excluding hydrogens is 300 g/mol. The van der Waals surface area contributed by atoms with Gasteiger partial charge in [-0.1, -0.05) is 48.5 Å². The molecule has 0 aromatic heterocycles. The van der Waals surface area contributed by atoms with Gasteiger partial charge in [0.15, 0.2) is 0 Å². The Bertz CT molecular complexity index is 397. The number of hydrogen-bond acceptors (Lipinski definition) is 3. The molecule has 0 aliphatic carbocycles. The van der Waals surface area contributed by atoms with E-state index < -0.39 is 0 Å². The van der Waals surface area contributed by atoms with Crippen LogP contribution >= 0.6 is 0 Å². The normalized spacial score (nSPS) is 49.5. The van der Waals surface area contributed by atoms with Crippen LogP contribution in [0.4, 0.5) is 0 Å². The molecule has 3 heteroatoms. The van der Waals surface area contributed by atoms with Crippen LogP contribution in [-0.2, 0) is 14.2 Å². The first-order chi connectivity index (χ1) is 11.3.